The molecule has 226 valence electrons. The van der Waals surface area contributed by atoms with Gasteiger partial charge in [-0.2, -0.15) is 0 Å². The van der Waals surface area contributed by atoms with Gasteiger partial charge in [-0.15, -0.1) is 0 Å². The minimum Gasteiger partial charge on any atom is -0.465 e. The molecule has 1 unspecified atom stereocenters. The average molecular weight is 584 g/mol. The number of morpholine rings is 1. The first-order valence-corrected chi connectivity index (χ1v) is 14.8. The van der Waals surface area contributed by atoms with Crippen molar-refractivity contribution in [2.75, 3.05) is 57.3 Å². The number of imide groups is 2. The first-order chi connectivity index (χ1) is 20.3. The zero-order valence-corrected chi connectivity index (χ0v) is 23.5. The molecule has 0 aliphatic carbocycles. The second kappa shape index (κ2) is 12.0. The fourth-order valence-electron chi connectivity index (χ4n) is 6.70. The maximum absolute atomic E-state index is 13.2. The molecule has 1 aromatic carbocycles. The molecule has 2 atom stereocenters. The van der Waals surface area contributed by atoms with E-state index in [1.807, 2.05) is 6.07 Å². The predicted molar refractivity (Wildman–Crippen MR) is 148 cm³/mol. The highest BCUT2D eigenvalue weighted by atomic mass is 16.5. The summed E-state index contributed by atoms with van der Waals surface area (Å²) in [7, 11) is 0. The molecule has 42 heavy (non-hydrogen) atoms. The Morgan fingerprint density at radius 1 is 0.929 bits per heavy atom. The van der Waals surface area contributed by atoms with Crippen LogP contribution in [0.15, 0.2) is 18.2 Å². The summed E-state index contributed by atoms with van der Waals surface area (Å²) >= 11 is 0. The van der Waals surface area contributed by atoms with Crippen molar-refractivity contribution in [3.8, 4) is 0 Å². The Morgan fingerprint density at radius 3 is 2.31 bits per heavy atom. The number of fused-ring (bicyclic) bond motifs is 1. The Kier molecular flexibility index (Phi) is 8.15. The van der Waals surface area contributed by atoms with E-state index in [2.05, 4.69) is 15.1 Å². The molecular formula is C29H37N5O8. The van der Waals surface area contributed by atoms with E-state index in [1.54, 1.807) is 12.1 Å². The van der Waals surface area contributed by atoms with Gasteiger partial charge in [-0.1, -0.05) is 0 Å². The van der Waals surface area contributed by atoms with Gasteiger partial charge in [-0.25, -0.2) is 4.79 Å². The summed E-state index contributed by atoms with van der Waals surface area (Å²) in [5.41, 5.74) is 1.44. The van der Waals surface area contributed by atoms with Crippen LogP contribution in [-0.4, -0.2) is 126 Å². The standard InChI is InChI=1S/C29H37N5O8/c35-25-4-3-24(26(36)30-25)34-27(37)22-2-1-18(15-23(22)28(34)38)32-11-7-20(8-12-32)42-19-5-9-31(10-6-19)16-21-17-33(29(39)40)13-14-41-21/h1-2,15,19-21,24H,3-14,16-17H2,(H,39,40)(H,30,35,36)/t21-,24?/m0/s1. The third-order valence-electron chi connectivity index (χ3n) is 9.02. The fraction of sp³-hybridized carbons (Fsp3) is 0.621. The van der Waals surface area contributed by atoms with E-state index in [1.165, 1.54) is 4.90 Å². The average Bonchev–Trinajstić information content (AvgIpc) is 3.23. The molecule has 1 aromatic rings. The lowest BCUT2D eigenvalue weighted by Gasteiger charge is -2.39. The molecule has 4 fully saturated rings. The van der Waals surface area contributed by atoms with E-state index < -0.39 is 35.8 Å². The Labute approximate surface area is 243 Å². The van der Waals surface area contributed by atoms with Gasteiger partial charge >= 0.3 is 6.09 Å². The van der Waals surface area contributed by atoms with Gasteiger partial charge in [0.15, 0.2) is 0 Å². The smallest absolute Gasteiger partial charge is 0.407 e. The first-order valence-electron chi connectivity index (χ1n) is 14.8. The van der Waals surface area contributed by atoms with E-state index >= 15 is 0 Å². The number of anilines is 1. The summed E-state index contributed by atoms with van der Waals surface area (Å²) in [6.45, 7) is 5.33. The summed E-state index contributed by atoms with van der Waals surface area (Å²) in [4.78, 5) is 68.2. The second-order valence-corrected chi connectivity index (χ2v) is 11.7. The number of carbonyl (C=O) groups is 5. The molecule has 13 nitrogen and oxygen atoms in total. The van der Waals surface area contributed by atoms with Crippen molar-refractivity contribution >= 4 is 35.4 Å². The Hall–Kier alpha value is -3.55. The van der Waals surface area contributed by atoms with Gasteiger partial charge in [-0.3, -0.25) is 29.4 Å². The third-order valence-corrected chi connectivity index (χ3v) is 9.02. The molecule has 0 saturated carbocycles. The number of likely N-dealkylation sites (tertiary alicyclic amines) is 1. The highest BCUT2D eigenvalue weighted by Gasteiger charge is 2.45. The number of nitrogens with one attached hydrogen (secondary N) is 1. The summed E-state index contributed by atoms with van der Waals surface area (Å²) in [6.07, 6.45) is 3.17. The van der Waals surface area contributed by atoms with E-state index in [0.717, 1.165) is 69.0 Å². The van der Waals surface area contributed by atoms with Crippen molar-refractivity contribution in [3.63, 3.8) is 0 Å². The summed E-state index contributed by atoms with van der Waals surface area (Å²) in [6, 6.07) is 4.27. The number of hydrogen-bond donors (Lipinski definition) is 2. The monoisotopic (exact) mass is 583 g/mol. The van der Waals surface area contributed by atoms with Crippen LogP contribution in [-0.2, 0) is 19.1 Å². The predicted octanol–water partition coefficient (Wildman–Crippen LogP) is 0.916. The van der Waals surface area contributed by atoms with Crippen LogP contribution in [0.25, 0.3) is 0 Å². The van der Waals surface area contributed by atoms with Gasteiger partial charge in [-0.05, 0) is 50.3 Å². The van der Waals surface area contributed by atoms with Crippen LogP contribution in [0.1, 0.15) is 59.2 Å². The van der Waals surface area contributed by atoms with E-state index in [0.29, 0.717) is 25.3 Å². The van der Waals surface area contributed by atoms with Crippen LogP contribution in [0.3, 0.4) is 0 Å². The van der Waals surface area contributed by atoms with Crippen molar-refractivity contribution in [3.05, 3.63) is 29.3 Å². The van der Waals surface area contributed by atoms with Crippen LogP contribution in [0.5, 0.6) is 0 Å². The van der Waals surface area contributed by atoms with Gasteiger partial charge in [0.05, 0.1) is 42.6 Å². The zero-order valence-electron chi connectivity index (χ0n) is 23.5. The molecule has 4 saturated heterocycles. The number of rotatable bonds is 6. The molecular weight excluding hydrogens is 546 g/mol. The molecule has 5 aliphatic rings. The molecule has 0 aromatic heterocycles. The van der Waals surface area contributed by atoms with E-state index in [-0.39, 0.29) is 36.7 Å². The highest BCUT2D eigenvalue weighted by molar-refractivity contribution is 6.23. The van der Waals surface area contributed by atoms with Gasteiger partial charge in [0.1, 0.15) is 6.04 Å². The van der Waals surface area contributed by atoms with Gasteiger partial charge in [0, 0.05) is 51.4 Å². The molecule has 2 N–H and O–H groups in total. The lowest BCUT2D eigenvalue weighted by Crippen LogP contribution is -2.54. The Balaban J connectivity index is 0.970. The van der Waals surface area contributed by atoms with Crippen LogP contribution >= 0.6 is 0 Å². The summed E-state index contributed by atoms with van der Waals surface area (Å²) in [5.74, 6) is -2.00. The minimum absolute atomic E-state index is 0.0913. The second-order valence-electron chi connectivity index (χ2n) is 11.7. The summed E-state index contributed by atoms with van der Waals surface area (Å²) in [5, 5.41) is 11.5. The van der Waals surface area contributed by atoms with Crippen molar-refractivity contribution in [1.82, 2.24) is 20.0 Å². The maximum Gasteiger partial charge on any atom is 0.407 e. The van der Waals surface area contributed by atoms with Crippen molar-refractivity contribution in [2.24, 2.45) is 0 Å². The molecule has 5 heterocycles. The normalized spacial score (nSPS) is 26.5. The molecule has 6 rings (SSSR count). The number of amides is 5. The SMILES string of the molecule is O=C1CCC(N2C(=O)c3ccc(N4CCC(OC5CCN(C[C@H]6CN(C(=O)O)CCO6)CC5)CC4)cc3C2=O)C(=O)N1. The highest BCUT2D eigenvalue weighted by Crippen LogP contribution is 2.32. The lowest BCUT2D eigenvalue weighted by molar-refractivity contribution is -0.136. The number of piperidine rings is 3. The summed E-state index contributed by atoms with van der Waals surface area (Å²) < 4.78 is 12.3. The largest absolute Gasteiger partial charge is 0.465 e. The topological polar surface area (TPSA) is 149 Å². The van der Waals surface area contributed by atoms with Crippen LogP contribution in [0.2, 0.25) is 0 Å². The number of carbonyl (C=O) groups excluding carboxylic acids is 4. The van der Waals surface area contributed by atoms with Gasteiger partial charge < -0.3 is 29.3 Å². The number of benzene rings is 1. The van der Waals surface area contributed by atoms with Crippen LogP contribution in [0, 0.1) is 0 Å². The molecule has 5 amide bonds. The molecule has 13 heteroatoms. The van der Waals surface area contributed by atoms with Crippen molar-refractivity contribution in [2.45, 2.75) is 62.9 Å². The minimum atomic E-state index is -0.971. The van der Waals surface area contributed by atoms with Gasteiger partial charge in [0.2, 0.25) is 11.8 Å². The number of nitrogens with zero attached hydrogens (tertiary/aromatic N) is 4. The van der Waals surface area contributed by atoms with E-state index in [9.17, 15) is 29.1 Å². The third kappa shape index (κ3) is 5.86. The first kappa shape index (κ1) is 28.6. The van der Waals surface area contributed by atoms with E-state index in [4.69, 9.17) is 9.47 Å². The quantitative estimate of drug-likeness (QED) is 0.463. The molecule has 5 aliphatic heterocycles. The van der Waals surface area contributed by atoms with Crippen LogP contribution < -0.4 is 10.2 Å². The molecule has 0 bridgehead atoms. The Bertz CT molecular complexity index is 1260. The lowest BCUT2D eigenvalue weighted by atomic mass is 10.0. The zero-order chi connectivity index (χ0) is 29.4. The number of carboxylic acid groups (broad SMARTS) is 1. The maximum atomic E-state index is 13.2. The fourth-order valence-corrected chi connectivity index (χ4v) is 6.70. The molecule has 0 spiro atoms. The number of hydrogen-bond acceptors (Lipinski definition) is 9. The van der Waals surface area contributed by atoms with Crippen molar-refractivity contribution < 1.29 is 38.6 Å². The Morgan fingerprint density at radius 2 is 1.62 bits per heavy atom. The molecule has 0 radical (unpaired) electrons. The number of ether oxygens (including phenoxy) is 2. The van der Waals surface area contributed by atoms with Crippen molar-refractivity contribution in [1.29, 1.82) is 0 Å². The van der Waals surface area contributed by atoms with Gasteiger partial charge in [0.25, 0.3) is 11.8 Å². The van der Waals surface area contributed by atoms with Crippen LogP contribution in [0.4, 0.5) is 10.5 Å².